The maximum Gasteiger partial charge on any atom is 0.230 e. The number of hydrogen-bond donors (Lipinski definition) is 1. The lowest BCUT2D eigenvalue weighted by atomic mass is 9.82. The molecule has 1 aliphatic rings. The van der Waals surface area contributed by atoms with Crippen molar-refractivity contribution in [3.8, 4) is 0 Å². The number of fused-ring (bicyclic) bond motifs is 1. The van der Waals surface area contributed by atoms with Gasteiger partial charge in [0, 0.05) is 19.5 Å². The molecule has 0 aromatic heterocycles. The molecule has 3 rings (SSSR count). The van der Waals surface area contributed by atoms with Crippen LogP contribution in [0.5, 0.6) is 0 Å². The predicted octanol–water partition coefficient (Wildman–Crippen LogP) is 3.01. The molecule has 1 unspecified atom stereocenters. The van der Waals surface area contributed by atoms with Crippen molar-refractivity contribution >= 4 is 11.8 Å². The lowest BCUT2D eigenvalue weighted by Crippen LogP contribution is -2.38. The minimum absolute atomic E-state index is 0.0947. The number of amides is 2. The highest BCUT2D eigenvalue weighted by Gasteiger charge is 2.29. The van der Waals surface area contributed by atoms with Crippen molar-refractivity contribution in [2.24, 2.45) is 5.73 Å². The Morgan fingerprint density at radius 1 is 1.04 bits per heavy atom. The largest absolute Gasteiger partial charge is 0.370 e. The standard InChI is InChI=1S/C21H24N2O2/c22-20(24)13-14-23(15-16-7-2-1-3-8-16)21(25)19-12-6-10-17-9-4-5-11-18(17)19/h1-5,7-9,11,19H,6,10,12-15H2,(H2,22,24). The average Bonchev–Trinajstić information content (AvgIpc) is 2.65. The van der Waals surface area contributed by atoms with Gasteiger partial charge in [-0.15, -0.1) is 0 Å². The zero-order valence-corrected chi connectivity index (χ0v) is 14.4. The molecule has 2 aromatic rings. The first kappa shape index (κ1) is 17.2. The fraction of sp³-hybridized carbons (Fsp3) is 0.333. The lowest BCUT2D eigenvalue weighted by Gasteiger charge is -2.31. The molecule has 0 aliphatic heterocycles. The fourth-order valence-corrected chi connectivity index (χ4v) is 3.55. The Morgan fingerprint density at radius 2 is 1.76 bits per heavy atom. The molecule has 0 fully saturated rings. The third kappa shape index (κ3) is 4.27. The van der Waals surface area contributed by atoms with E-state index in [9.17, 15) is 9.59 Å². The van der Waals surface area contributed by atoms with Crippen LogP contribution in [-0.4, -0.2) is 23.3 Å². The van der Waals surface area contributed by atoms with Gasteiger partial charge in [0.15, 0.2) is 0 Å². The summed E-state index contributed by atoms with van der Waals surface area (Å²) < 4.78 is 0. The van der Waals surface area contributed by atoms with Gasteiger partial charge in [-0.2, -0.15) is 0 Å². The number of carbonyl (C=O) groups is 2. The van der Waals surface area contributed by atoms with Gasteiger partial charge in [-0.1, -0.05) is 54.6 Å². The minimum atomic E-state index is -0.380. The highest BCUT2D eigenvalue weighted by Crippen LogP contribution is 2.33. The van der Waals surface area contributed by atoms with Crippen LogP contribution in [0, 0.1) is 0 Å². The molecule has 25 heavy (non-hydrogen) atoms. The molecule has 0 saturated carbocycles. The van der Waals surface area contributed by atoms with E-state index >= 15 is 0 Å². The molecule has 2 amide bonds. The molecule has 130 valence electrons. The van der Waals surface area contributed by atoms with Crippen LogP contribution in [0.25, 0.3) is 0 Å². The van der Waals surface area contributed by atoms with Gasteiger partial charge < -0.3 is 10.6 Å². The fourth-order valence-electron chi connectivity index (χ4n) is 3.55. The van der Waals surface area contributed by atoms with Crippen molar-refractivity contribution in [1.29, 1.82) is 0 Å². The van der Waals surface area contributed by atoms with E-state index in [0.717, 1.165) is 30.4 Å². The number of primary amides is 1. The lowest BCUT2D eigenvalue weighted by molar-refractivity contribution is -0.134. The summed E-state index contributed by atoms with van der Waals surface area (Å²) in [6, 6.07) is 18.1. The second-order valence-corrected chi connectivity index (χ2v) is 6.61. The number of nitrogens with zero attached hydrogens (tertiary/aromatic N) is 1. The molecule has 0 saturated heterocycles. The third-order valence-electron chi connectivity index (χ3n) is 4.82. The van der Waals surface area contributed by atoms with Crippen molar-refractivity contribution in [1.82, 2.24) is 4.90 Å². The molecule has 4 nitrogen and oxygen atoms in total. The van der Waals surface area contributed by atoms with Crippen molar-refractivity contribution in [2.45, 2.75) is 38.1 Å². The maximum atomic E-state index is 13.3. The molecule has 4 heteroatoms. The van der Waals surface area contributed by atoms with Crippen molar-refractivity contribution < 1.29 is 9.59 Å². The van der Waals surface area contributed by atoms with Crippen LogP contribution in [0.4, 0.5) is 0 Å². The smallest absolute Gasteiger partial charge is 0.230 e. The number of benzene rings is 2. The van der Waals surface area contributed by atoms with E-state index in [0.29, 0.717) is 13.1 Å². The summed E-state index contributed by atoms with van der Waals surface area (Å²) in [5.74, 6) is -0.409. The Kier molecular flexibility index (Phi) is 5.49. The number of nitrogens with two attached hydrogens (primary N) is 1. The first-order valence-electron chi connectivity index (χ1n) is 8.84. The van der Waals surface area contributed by atoms with E-state index in [4.69, 9.17) is 5.73 Å². The minimum Gasteiger partial charge on any atom is -0.370 e. The Morgan fingerprint density at radius 3 is 2.52 bits per heavy atom. The van der Waals surface area contributed by atoms with Gasteiger partial charge in [-0.3, -0.25) is 9.59 Å². The average molecular weight is 336 g/mol. The molecule has 0 spiro atoms. The van der Waals surface area contributed by atoms with Gasteiger partial charge in [0.2, 0.25) is 11.8 Å². The third-order valence-corrected chi connectivity index (χ3v) is 4.82. The Labute approximate surface area is 148 Å². The molecule has 2 N–H and O–H groups in total. The predicted molar refractivity (Wildman–Crippen MR) is 97.8 cm³/mol. The van der Waals surface area contributed by atoms with E-state index < -0.39 is 0 Å². The highest BCUT2D eigenvalue weighted by molar-refractivity contribution is 5.85. The molecular weight excluding hydrogens is 312 g/mol. The number of rotatable bonds is 6. The summed E-state index contributed by atoms with van der Waals surface area (Å²) in [6.45, 7) is 0.868. The number of carbonyl (C=O) groups excluding carboxylic acids is 2. The second kappa shape index (κ2) is 7.97. The quantitative estimate of drug-likeness (QED) is 0.881. The van der Waals surface area contributed by atoms with Crippen LogP contribution < -0.4 is 5.73 Å². The maximum absolute atomic E-state index is 13.3. The summed E-state index contributed by atoms with van der Waals surface area (Å²) in [7, 11) is 0. The van der Waals surface area contributed by atoms with Gasteiger partial charge >= 0.3 is 0 Å². The molecule has 0 heterocycles. The van der Waals surface area contributed by atoms with E-state index in [1.807, 2.05) is 42.5 Å². The number of hydrogen-bond acceptors (Lipinski definition) is 2. The summed E-state index contributed by atoms with van der Waals surface area (Å²) in [5, 5.41) is 0. The van der Waals surface area contributed by atoms with Crippen molar-refractivity contribution in [3.05, 3.63) is 71.3 Å². The van der Waals surface area contributed by atoms with Crippen LogP contribution in [0.2, 0.25) is 0 Å². The Bertz CT molecular complexity index is 743. The van der Waals surface area contributed by atoms with E-state index in [-0.39, 0.29) is 24.2 Å². The summed E-state index contributed by atoms with van der Waals surface area (Å²) in [6.07, 6.45) is 3.09. The zero-order chi connectivity index (χ0) is 17.6. The monoisotopic (exact) mass is 336 g/mol. The van der Waals surface area contributed by atoms with Gasteiger partial charge in [-0.25, -0.2) is 0 Å². The van der Waals surface area contributed by atoms with Crippen LogP contribution in [0.3, 0.4) is 0 Å². The van der Waals surface area contributed by atoms with E-state index in [2.05, 4.69) is 12.1 Å². The van der Waals surface area contributed by atoms with Gasteiger partial charge in [0.1, 0.15) is 0 Å². The van der Waals surface area contributed by atoms with Crippen LogP contribution in [0.15, 0.2) is 54.6 Å². The van der Waals surface area contributed by atoms with Crippen LogP contribution in [0.1, 0.15) is 41.9 Å². The molecule has 1 aliphatic carbocycles. The van der Waals surface area contributed by atoms with Crippen molar-refractivity contribution in [2.75, 3.05) is 6.54 Å². The molecule has 2 aromatic carbocycles. The Hall–Kier alpha value is -2.62. The van der Waals surface area contributed by atoms with Gasteiger partial charge in [-0.05, 0) is 36.0 Å². The number of aryl methyl sites for hydroxylation is 1. The first-order valence-corrected chi connectivity index (χ1v) is 8.84. The highest BCUT2D eigenvalue weighted by atomic mass is 16.2. The zero-order valence-electron chi connectivity index (χ0n) is 14.4. The van der Waals surface area contributed by atoms with Gasteiger partial charge in [0.05, 0.1) is 5.92 Å². The van der Waals surface area contributed by atoms with Crippen LogP contribution >= 0.6 is 0 Å². The topological polar surface area (TPSA) is 63.4 Å². The summed E-state index contributed by atoms with van der Waals surface area (Å²) in [4.78, 5) is 26.3. The van der Waals surface area contributed by atoms with Crippen LogP contribution in [-0.2, 0) is 22.6 Å². The Balaban J connectivity index is 1.82. The summed E-state index contributed by atoms with van der Waals surface area (Å²) >= 11 is 0. The van der Waals surface area contributed by atoms with E-state index in [1.54, 1.807) is 4.90 Å². The summed E-state index contributed by atoms with van der Waals surface area (Å²) in [5.41, 5.74) is 8.77. The molecule has 0 radical (unpaired) electrons. The molecule has 1 atom stereocenters. The second-order valence-electron chi connectivity index (χ2n) is 6.61. The first-order chi connectivity index (χ1) is 12.1. The van der Waals surface area contributed by atoms with Gasteiger partial charge in [0.25, 0.3) is 0 Å². The SMILES string of the molecule is NC(=O)CCN(Cc1ccccc1)C(=O)C1CCCc2ccccc21. The molecule has 0 bridgehead atoms. The van der Waals surface area contributed by atoms with E-state index in [1.165, 1.54) is 5.56 Å². The normalized spacial score (nSPS) is 16.1. The molecular formula is C21H24N2O2. The van der Waals surface area contributed by atoms with Crippen molar-refractivity contribution in [3.63, 3.8) is 0 Å².